The van der Waals surface area contributed by atoms with E-state index in [1.54, 1.807) is 12.3 Å². The molecule has 0 aliphatic rings. The first-order valence-corrected chi connectivity index (χ1v) is 4.71. The molecule has 0 bridgehead atoms. The van der Waals surface area contributed by atoms with Crippen LogP contribution >= 0.6 is 0 Å². The van der Waals surface area contributed by atoms with Gasteiger partial charge < -0.3 is 12.4 Å². The van der Waals surface area contributed by atoms with Crippen LogP contribution in [0.2, 0.25) is 0 Å². The van der Waals surface area contributed by atoms with E-state index in [0.29, 0.717) is 5.56 Å². The molecule has 0 aliphatic heterocycles. The van der Waals surface area contributed by atoms with Crippen molar-refractivity contribution in [1.29, 1.82) is 0 Å². The van der Waals surface area contributed by atoms with Gasteiger partial charge in [0.15, 0.2) is 5.78 Å². The summed E-state index contributed by atoms with van der Waals surface area (Å²) in [5.74, 6) is 0.0334. The molecule has 91 valence electrons. The number of ketones is 1. The van der Waals surface area contributed by atoms with Gasteiger partial charge in [-0.3, -0.25) is 4.79 Å². The molecular weight excluding hydrogens is 390 g/mol. The minimum Gasteiger partial charge on any atom is -0.358 e. The summed E-state index contributed by atoms with van der Waals surface area (Å²) in [7, 11) is 0. The number of aromatic nitrogens is 1. The predicted molar refractivity (Wildman–Crippen MR) is 64.9 cm³/mol. The van der Waals surface area contributed by atoms with E-state index in [-0.39, 0.29) is 33.3 Å². The van der Waals surface area contributed by atoms with Crippen LogP contribution in [0.4, 0.5) is 0 Å². The van der Waals surface area contributed by atoms with Crippen LogP contribution in [0.1, 0.15) is 17.3 Å². The van der Waals surface area contributed by atoms with Crippen LogP contribution in [-0.4, -0.2) is 10.8 Å². The van der Waals surface area contributed by atoms with E-state index in [4.69, 9.17) is 0 Å². The Kier molecular flexibility index (Phi) is 6.55. The van der Waals surface area contributed by atoms with Gasteiger partial charge in [0.05, 0.1) is 0 Å². The van der Waals surface area contributed by atoms with Gasteiger partial charge in [-0.25, -0.2) is 0 Å². The molecule has 1 radical (unpaired) electrons. The number of nitrogens with zero attached hydrogens (tertiary/aromatic N) is 1. The van der Waals surface area contributed by atoms with Crippen molar-refractivity contribution in [3.05, 3.63) is 61.7 Å². The summed E-state index contributed by atoms with van der Waals surface area (Å²) in [6.07, 6.45) is 1.60. The van der Waals surface area contributed by atoms with Gasteiger partial charge in [0.25, 0.3) is 0 Å². The molecule has 0 fully saturated rings. The monoisotopic (exact) mass is 404 g/mol. The van der Waals surface area contributed by atoms with Crippen LogP contribution in [0.5, 0.6) is 0 Å². The van der Waals surface area contributed by atoms with Crippen LogP contribution in [0, 0.1) is 13.5 Å². The van der Waals surface area contributed by atoms with Crippen molar-refractivity contribution in [1.82, 2.24) is 4.98 Å². The second-order valence-electron chi connectivity index (χ2n) is 3.26. The van der Waals surface area contributed by atoms with Gasteiger partial charge in [-0.2, -0.15) is 0 Å². The van der Waals surface area contributed by atoms with Crippen molar-refractivity contribution in [2.75, 3.05) is 0 Å². The first-order chi connectivity index (χ1) is 7.27. The van der Waals surface area contributed by atoms with Crippen LogP contribution in [-0.2, 0) is 20.1 Å². The third kappa shape index (κ3) is 3.88. The van der Waals surface area contributed by atoms with E-state index >= 15 is 0 Å². The van der Waals surface area contributed by atoms with Crippen molar-refractivity contribution in [3.63, 3.8) is 0 Å². The molecule has 3 heteroatoms. The summed E-state index contributed by atoms with van der Waals surface area (Å²) in [6, 6.07) is 14.3. The van der Waals surface area contributed by atoms with Crippen LogP contribution < -0.4 is 0 Å². The molecule has 2 aromatic rings. The third-order valence-electron chi connectivity index (χ3n) is 2.16. The van der Waals surface area contributed by atoms with Crippen LogP contribution in [0.15, 0.2) is 42.6 Å². The van der Waals surface area contributed by atoms with Gasteiger partial charge in [-0.05, 0) is 12.6 Å². The minimum absolute atomic E-state index is 0. The number of carbonyl (C=O) groups excluding carboxylic acids is 1. The van der Waals surface area contributed by atoms with Crippen LogP contribution in [0.25, 0.3) is 11.3 Å². The summed E-state index contributed by atoms with van der Waals surface area (Å²) >= 11 is 0. The normalized spacial score (nSPS) is 8.76. The predicted octanol–water partition coefficient (Wildman–Crippen LogP) is 3.20. The standard InChI is InChI=1S/C13H10NO.CH3.Ir/c1-10(15)12-7-8-13(14-9-12)11-5-3-2-4-6-11;;/h2-5,7-9H,1H3;1H3;/q2*-1;. The molecule has 1 heterocycles. The van der Waals surface area contributed by atoms with E-state index in [1.165, 1.54) is 6.92 Å². The maximum Gasteiger partial charge on any atom is 0.161 e. The topological polar surface area (TPSA) is 30.0 Å². The van der Waals surface area contributed by atoms with Crippen molar-refractivity contribution >= 4 is 5.78 Å². The molecule has 1 aromatic heterocycles. The molecule has 0 aliphatic carbocycles. The van der Waals surface area contributed by atoms with E-state index in [0.717, 1.165) is 11.3 Å². The fourth-order valence-electron chi connectivity index (χ4n) is 1.31. The maximum absolute atomic E-state index is 11.0. The van der Waals surface area contributed by atoms with E-state index in [1.807, 2.05) is 30.3 Å². The summed E-state index contributed by atoms with van der Waals surface area (Å²) < 4.78 is 0. The molecule has 1 aromatic carbocycles. The molecule has 0 N–H and O–H groups in total. The number of carbonyl (C=O) groups is 1. The molecule has 0 atom stereocenters. The van der Waals surface area contributed by atoms with Crippen LogP contribution in [0.3, 0.4) is 0 Å². The fourth-order valence-corrected chi connectivity index (χ4v) is 1.31. The van der Waals surface area contributed by atoms with Crippen molar-refractivity contribution in [2.24, 2.45) is 0 Å². The van der Waals surface area contributed by atoms with Gasteiger partial charge in [-0.15, -0.1) is 35.9 Å². The molecule has 0 unspecified atom stereocenters. The van der Waals surface area contributed by atoms with E-state index in [9.17, 15) is 4.79 Å². The number of pyridine rings is 1. The minimum atomic E-state index is 0. The van der Waals surface area contributed by atoms with Gasteiger partial charge >= 0.3 is 0 Å². The Morgan fingerprint density at radius 3 is 2.47 bits per heavy atom. The Morgan fingerprint density at radius 2 is 2.00 bits per heavy atom. The van der Waals surface area contributed by atoms with Gasteiger partial charge in [0, 0.05) is 31.9 Å². The Balaban J connectivity index is 0.00000128. The average Bonchev–Trinajstić information content (AvgIpc) is 2.30. The first-order valence-electron chi connectivity index (χ1n) is 4.71. The number of hydrogen-bond donors (Lipinski definition) is 0. The molecule has 0 saturated heterocycles. The van der Waals surface area contributed by atoms with Gasteiger partial charge in [-0.1, -0.05) is 12.1 Å². The third-order valence-corrected chi connectivity index (χ3v) is 2.16. The fraction of sp³-hybridized carbons (Fsp3) is 0.0714. The summed E-state index contributed by atoms with van der Waals surface area (Å²) in [5, 5.41) is 0. The second-order valence-corrected chi connectivity index (χ2v) is 3.26. The molecule has 0 saturated carbocycles. The second kappa shape index (κ2) is 7.10. The largest absolute Gasteiger partial charge is 0.358 e. The van der Waals surface area contributed by atoms with Crippen molar-refractivity contribution < 1.29 is 24.9 Å². The Morgan fingerprint density at radius 1 is 1.24 bits per heavy atom. The zero-order valence-electron chi connectivity index (χ0n) is 9.73. The molecule has 17 heavy (non-hydrogen) atoms. The Bertz CT molecular complexity index is 465. The van der Waals surface area contributed by atoms with Crippen molar-refractivity contribution in [2.45, 2.75) is 6.92 Å². The van der Waals surface area contributed by atoms with E-state index in [2.05, 4.69) is 11.1 Å². The maximum atomic E-state index is 11.0. The molecule has 0 amide bonds. The first kappa shape index (κ1) is 15.7. The summed E-state index contributed by atoms with van der Waals surface area (Å²) in [5.41, 5.74) is 2.41. The van der Waals surface area contributed by atoms with Gasteiger partial charge in [0.1, 0.15) is 0 Å². The zero-order valence-corrected chi connectivity index (χ0v) is 12.1. The SMILES string of the molecule is CC(=O)c1ccc(-c2[c-]cccc2)nc1.[CH3-].[Ir]. The smallest absolute Gasteiger partial charge is 0.161 e. The zero-order chi connectivity index (χ0) is 10.7. The number of hydrogen-bond acceptors (Lipinski definition) is 2. The molecule has 2 rings (SSSR count). The number of Topliss-reactive ketones (excluding diaryl/α,β-unsaturated/α-hetero) is 1. The molecule has 2 nitrogen and oxygen atoms in total. The Hall–Kier alpha value is -1.31. The quantitative estimate of drug-likeness (QED) is 0.569. The average molecular weight is 403 g/mol. The molecule has 0 spiro atoms. The van der Waals surface area contributed by atoms with E-state index < -0.39 is 0 Å². The summed E-state index contributed by atoms with van der Waals surface area (Å²) in [4.78, 5) is 15.3. The summed E-state index contributed by atoms with van der Waals surface area (Å²) in [6.45, 7) is 1.53. The number of rotatable bonds is 2. The molecular formula is C14H13IrNO-2. The number of benzene rings is 1. The van der Waals surface area contributed by atoms with Gasteiger partial charge in [0.2, 0.25) is 0 Å². The van der Waals surface area contributed by atoms with Crippen molar-refractivity contribution in [3.8, 4) is 11.3 Å². The Labute approximate surface area is 115 Å².